The number of sulfonamides is 1. The van der Waals surface area contributed by atoms with E-state index in [9.17, 15) is 12.8 Å². The Bertz CT molecular complexity index is 556. The number of nitrogens with zero attached hydrogens (tertiary/aromatic N) is 2. The van der Waals surface area contributed by atoms with Crippen LogP contribution in [-0.4, -0.2) is 56.6 Å². The Morgan fingerprint density at radius 2 is 1.85 bits per heavy atom. The van der Waals surface area contributed by atoms with Gasteiger partial charge in [0.15, 0.2) is 0 Å². The molecule has 0 bridgehead atoms. The van der Waals surface area contributed by atoms with Crippen LogP contribution in [0.3, 0.4) is 0 Å². The Labute approximate surface area is 119 Å². The third-order valence-electron chi connectivity index (χ3n) is 3.56. The van der Waals surface area contributed by atoms with Gasteiger partial charge in [-0.2, -0.15) is 4.31 Å². The monoisotopic (exact) mass is 301 g/mol. The average molecular weight is 301 g/mol. The summed E-state index contributed by atoms with van der Waals surface area (Å²) in [6, 6.07) is 6.08. The number of hydrogen-bond acceptors (Lipinski definition) is 4. The van der Waals surface area contributed by atoms with Crippen molar-refractivity contribution in [1.82, 2.24) is 9.21 Å². The number of rotatable bonds is 4. The number of halogens is 1. The molecule has 1 aliphatic heterocycles. The smallest absolute Gasteiger partial charge is 0.211 e. The largest absolute Gasteiger partial charge is 0.323 e. The molecule has 2 rings (SSSR count). The highest BCUT2D eigenvalue weighted by Crippen LogP contribution is 2.17. The Kier molecular flexibility index (Phi) is 4.74. The fourth-order valence-electron chi connectivity index (χ4n) is 2.40. The van der Waals surface area contributed by atoms with E-state index in [4.69, 9.17) is 5.73 Å². The molecular formula is C13H20FN3O2S. The van der Waals surface area contributed by atoms with Crippen LogP contribution < -0.4 is 5.73 Å². The van der Waals surface area contributed by atoms with E-state index in [0.29, 0.717) is 38.3 Å². The van der Waals surface area contributed by atoms with E-state index in [0.717, 1.165) is 0 Å². The second-order valence-electron chi connectivity index (χ2n) is 5.09. The summed E-state index contributed by atoms with van der Waals surface area (Å²) in [5, 5.41) is 0. The lowest BCUT2D eigenvalue weighted by Crippen LogP contribution is -2.49. The minimum Gasteiger partial charge on any atom is -0.323 e. The molecule has 1 aromatic carbocycles. The van der Waals surface area contributed by atoms with E-state index in [1.165, 1.54) is 16.6 Å². The standard InChI is InChI=1S/C13H20FN3O2S/c1-20(18,19)17-8-6-16(7-9-17)10-13(15)11-4-2-3-5-12(11)14/h2-5,13H,6-10,15H2,1H3. The van der Waals surface area contributed by atoms with Gasteiger partial charge in [-0.25, -0.2) is 12.8 Å². The van der Waals surface area contributed by atoms with Crippen LogP contribution in [0.25, 0.3) is 0 Å². The molecule has 2 N–H and O–H groups in total. The van der Waals surface area contributed by atoms with Crippen LogP contribution in [-0.2, 0) is 10.0 Å². The second-order valence-corrected chi connectivity index (χ2v) is 7.07. The molecular weight excluding hydrogens is 281 g/mol. The molecule has 0 aliphatic carbocycles. The van der Waals surface area contributed by atoms with Gasteiger partial charge >= 0.3 is 0 Å². The lowest BCUT2D eigenvalue weighted by Gasteiger charge is -2.34. The summed E-state index contributed by atoms with van der Waals surface area (Å²) in [4.78, 5) is 2.07. The van der Waals surface area contributed by atoms with Crippen LogP contribution in [0.5, 0.6) is 0 Å². The molecule has 0 radical (unpaired) electrons. The number of hydrogen-bond donors (Lipinski definition) is 1. The van der Waals surface area contributed by atoms with E-state index in [-0.39, 0.29) is 5.82 Å². The Balaban J connectivity index is 1.91. The number of piperazine rings is 1. The van der Waals surface area contributed by atoms with Crippen LogP contribution in [0.4, 0.5) is 4.39 Å². The van der Waals surface area contributed by atoms with E-state index in [1.54, 1.807) is 18.2 Å². The summed E-state index contributed by atoms with van der Waals surface area (Å²) < 4.78 is 37.9. The fourth-order valence-corrected chi connectivity index (χ4v) is 3.22. The summed E-state index contributed by atoms with van der Waals surface area (Å²) >= 11 is 0. The summed E-state index contributed by atoms with van der Waals surface area (Å²) in [6.45, 7) is 2.69. The summed E-state index contributed by atoms with van der Waals surface area (Å²) in [6.07, 6.45) is 1.22. The molecule has 1 fully saturated rings. The maximum Gasteiger partial charge on any atom is 0.211 e. The number of benzene rings is 1. The molecule has 1 saturated heterocycles. The molecule has 1 aliphatic rings. The first kappa shape index (κ1) is 15.4. The van der Waals surface area contributed by atoms with Crippen molar-refractivity contribution in [2.75, 3.05) is 39.0 Å². The van der Waals surface area contributed by atoms with Crippen LogP contribution in [0.15, 0.2) is 24.3 Å². The lowest BCUT2D eigenvalue weighted by molar-refractivity contribution is 0.179. The minimum absolute atomic E-state index is 0.297. The van der Waals surface area contributed by atoms with E-state index < -0.39 is 16.1 Å². The minimum atomic E-state index is -3.12. The summed E-state index contributed by atoms with van der Waals surface area (Å²) in [5.41, 5.74) is 6.53. The first-order valence-electron chi connectivity index (χ1n) is 6.55. The third-order valence-corrected chi connectivity index (χ3v) is 4.86. The third kappa shape index (κ3) is 3.76. The van der Waals surface area contributed by atoms with Crippen molar-refractivity contribution in [3.05, 3.63) is 35.6 Å². The van der Waals surface area contributed by atoms with Crippen molar-refractivity contribution >= 4 is 10.0 Å². The predicted molar refractivity (Wildman–Crippen MR) is 76.2 cm³/mol. The first-order valence-corrected chi connectivity index (χ1v) is 8.40. The fraction of sp³-hybridized carbons (Fsp3) is 0.538. The molecule has 20 heavy (non-hydrogen) atoms. The zero-order valence-corrected chi connectivity index (χ0v) is 12.3. The molecule has 0 saturated carbocycles. The quantitative estimate of drug-likeness (QED) is 0.874. The summed E-state index contributed by atoms with van der Waals surface area (Å²) in [7, 11) is -3.12. The highest BCUT2D eigenvalue weighted by Gasteiger charge is 2.24. The molecule has 1 heterocycles. The van der Waals surface area contributed by atoms with Gasteiger partial charge in [0.25, 0.3) is 0 Å². The van der Waals surface area contributed by atoms with Crippen LogP contribution in [0, 0.1) is 5.82 Å². The van der Waals surface area contributed by atoms with Crippen LogP contribution in [0.2, 0.25) is 0 Å². The maximum atomic E-state index is 13.6. The van der Waals surface area contributed by atoms with E-state index in [2.05, 4.69) is 4.90 Å². The van der Waals surface area contributed by atoms with Gasteiger partial charge in [-0.3, -0.25) is 4.90 Å². The van der Waals surface area contributed by atoms with Crippen molar-refractivity contribution in [3.63, 3.8) is 0 Å². The first-order chi connectivity index (χ1) is 9.38. The molecule has 0 amide bonds. The molecule has 5 nitrogen and oxygen atoms in total. The van der Waals surface area contributed by atoms with E-state index >= 15 is 0 Å². The number of nitrogens with two attached hydrogens (primary N) is 1. The van der Waals surface area contributed by atoms with Gasteiger partial charge in [-0.05, 0) is 6.07 Å². The van der Waals surface area contributed by atoms with Gasteiger partial charge in [-0.1, -0.05) is 18.2 Å². The van der Waals surface area contributed by atoms with Crippen LogP contribution in [0.1, 0.15) is 11.6 Å². The SMILES string of the molecule is CS(=O)(=O)N1CCN(CC(N)c2ccccc2F)CC1. The van der Waals surface area contributed by atoms with Gasteiger partial charge in [0.05, 0.1) is 6.26 Å². The molecule has 0 spiro atoms. The summed E-state index contributed by atoms with van der Waals surface area (Å²) in [5.74, 6) is -0.297. The molecule has 1 atom stereocenters. The highest BCUT2D eigenvalue weighted by molar-refractivity contribution is 7.88. The van der Waals surface area contributed by atoms with Crippen molar-refractivity contribution in [3.8, 4) is 0 Å². The average Bonchev–Trinajstić information content (AvgIpc) is 2.38. The molecule has 1 aromatic rings. The Hall–Kier alpha value is -1.02. The van der Waals surface area contributed by atoms with Gasteiger partial charge in [0.2, 0.25) is 10.0 Å². The van der Waals surface area contributed by atoms with Crippen LogP contribution >= 0.6 is 0 Å². The van der Waals surface area contributed by atoms with E-state index in [1.807, 2.05) is 0 Å². The van der Waals surface area contributed by atoms with Crippen molar-refractivity contribution in [2.24, 2.45) is 5.73 Å². The zero-order valence-electron chi connectivity index (χ0n) is 11.5. The normalized spacial score (nSPS) is 19.9. The van der Waals surface area contributed by atoms with Crippen molar-refractivity contribution in [1.29, 1.82) is 0 Å². The Morgan fingerprint density at radius 3 is 2.40 bits per heavy atom. The lowest BCUT2D eigenvalue weighted by atomic mass is 10.1. The van der Waals surface area contributed by atoms with Crippen molar-refractivity contribution < 1.29 is 12.8 Å². The maximum absolute atomic E-state index is 13.6. The van der Waals surface area contributed by atoms with Gasteiger partial charge < -0.3 is 5.73 Å². The van der Waals surface area contributed by atoms with Crippen molar-refractivity contribution in [2.45, 2.75) is 6.04 Å². The molecule has 0 aromatic heterocycles. The molecule has 7 heteroatoms. The van der Waals surface area contributed by atoms with Gasteiger partial charge in [0.1, 0.15) is 5.82 Å². The van der Waals surface area contributed by atoms with Gasteiger partial charge in [-0.15, -0.1) is 0 Å². The second kappa shape index (κ2) is 6.17. The predicted octanol–water partition coefficient (Wildman–Crippen LogP) is 0.403. The van der Waals surface area contributed by atoms with Gasteiger partial charge in [0, 0.05) is 44.3 Å². The Morgan fingerprint density at radius 1 is 1.25 bits per heavy atom. The topological polar surface area (TPSA) is 66.6 Å². The molecule has 1 unspecified atom stereocenters. The molecule has 112 valence electrons. The highest BCUT2D eigenvalue weighted by atomic mass is 32.2. The zero-order chi connectivity index (χ0) is 14.8.